The van der Waals surface area contributed by atoms with E-state index in [0.29, 0.717) is 11.0 Å². The second kappa shape index (κ2) is 9.31. The first-order chi connectivity index (χ1) is 15.0. The fraction of sp³-hybridized carbons (Fsp3) is 0.385. The highest BCUT2D eigenvalue weighted by Gasteiger charge is 2.27. The Balaban J connectivity index is 1.57. The number of hydrogen-bond donors (Lipinski definition) is 0. The highest BCUT2D eigenvalue weighted by atomic mass is 32.2. The van der Waals surface area contributed by atoms with Crippen LogP contribution in [0, 0.1) is 13.8 Å². The van der Waals surface area contributed by atoms with Gasteiger partial charge >= 0.3 is 0 Å². The lowest BCUT2D eigenvalue weighted by Gasteiger charge is -2.33. The molecule has 162 valence electrons. The molecule has 31 heavy (non-hydrogen) atoms. The van der Waals surface area contributed by atoms with E-state index in [1.165, 1.54) is 28.7 Å². The quantitative estimate of drug-likeness (QED) is 0.521. The molecule has 4 nitrogen and oxygen atoms in total. The van der Waals surface area contributed by atoms with E-state index in [2.05, 4.69) is 55.4 Å². The number of benzene rings is 2. The Labute approximate surface area is 189 Å². The van der Waals surface area contributed by atoms with Crippen molar-refractivity contribution in [1.29, 1.82) is 0 Å². The third kappa shape index (κ3) is 4.57. The van der Waals surface area contributed by atoms with Crippen LogP contribution in [0.5, 0.6) is 5.75 Å². The van der Waals surface area contributed by atoms with Gasteiger partial charge in [-0.25, -0.2) is 0 Å². The summed E-state index contributed by atoms with van der Waals surface area (Å²) in [7, 11) is 0. The number of pyridine rings is 1. The van der Waals surface area contributed by atoms with Crippen molar-refractivity contribution in [2.24, 2.45) is 0 Å². The Morgan fingerprint density at radius 3 is 2.71 bits per heavy atom. The third-order valence-corrected chi connectivity index (χ3v) is 7.20. The summed E-state index contributed by atoms with van der Waals surface area (Å²) in [5.41, 5.74) is 5.79. The van der Waals surface area contributed by atoms with E-state index in [9.17, 15) is 4.79 Å². The van der Waals surface area contributed by atoms with Crippen LogP contribution in [0.2, 0.25) is 0 Å². The zero-order chi connectivity index (χ0) is 22.0. The maximum atomic E-state index is 12.9. The first kappa shape index (κ1) is 21.7. The molecule has 0 radical (unpaired) electrons. The van der Waals surface area contributed by atoms with Crippen LogP contribution in [0.3, 0.4) is 0 Å². The number of carbonyl (C=O) groups excluding carboxylic acids is 1. The van der Waals surface area contributed by atoms with E-state index in [0.717, 1.165) is 30.4 Å². The van der Waals surface area contributed by atoms with Crippen LogP contribution < -0.4 is 4.74 Å². The largest absolute Gasteiger partial charge is 0.481 e. The highest BCUT2D eigenvalue weighted by Crippen LogP contribution is 2.34. The molecule has 2 atom stereocenters. The molecule has 1 saturated heterocycles. The van der Waals surface area contributed by atoms with Crippen molar-refractivity contribution in [2.75, 3.05) is 19.3 Å². The normalized spacial score (nSPS) is 17.5. The number of carbonyl (C=O) groups is 1. The van der Waals surface area contributed by atoms with Gasteiger partial charge in [0, 0.05) is 36.0 Å². The summed E-state index contributed by atoms with van der Waals surface area (Å²) in [6.45, 7) is 7.76. The number of likely N-dealkylation sites (tertiary alicyclic amines) is 1. The Bertz CT molecular complexity index is 1080. The van der Waals surface area contributed by atoms with Crippen LogP contribution in [0.1, 0.15) is 30.9 Å². The van der Waals surface area contributed by atoms with Crippen molar-refractivity contribution in [3.8, 4) is 16.9 Å². The average Bonchev–Trinajstić information content (AvgIpc) is 2.78. The lowest BCUT2D eigenvalue weighted by atomic mass is 9.93. The monoisotopic (exact) mass is 434 g/mol. The minimum absolute atomic E-state index is 0.0658. The molecule has 4 rings (SSSR count). The van der Waals surface area contributed by atoms with Crippen molar-refractivity contribution in [3.63, 3.8) is 0 Å². The van der Waals surface area contributed by atoms with Crippen molar-refractivity contribution >= 4 is 28.6 Å². The predicted octanol–water partition coefficient (Wildman–Crippen LogP) is 5.64. The second-order valence-electron chi connectivity index (χ2n) is 8.35. The number of ether oxygens (including phenoxy) is 1. The maximum Gasteiger partial charge on any atom is 0.263 e. The van der Waals surface area contributed by atoms with Gasteiger partial charge in [-0.3, -0.25) is 9.78 Å². The molecule has 0 aliphatic carbocycles. The van der Waals surface area contributed by atoms with Crippen LogP contribution >= 0.6 is 11.8 Å². The molecule has 5 heteroatoms. The van der Waals surface area contributed by atoms with Crippen LogP contribution in [0.4, 0.5) is 0 Å². The van der Waals surface area contributed by atoms with E-state index in [1.54, 1.807) is 0 Å². The first-order valence-electron chi connectivity index (χ1n) is 10.9. The number of hydrogen-bond acceptors (Lipinski definition) is 4. The van der Waals surface area contributed by atoms with Crippen molar-refractivity contribution in [2.45, 2.75) is 45.0 Å². The van der Waals surface area contributed by atoms with Crippen LogP contribution in [-0.4, -0.2) is 46.5 Å². The highest BCUT2D eigenvalue weighted by molar-refractivity contribution is 7.99. The van der Waals surface area contributed by atoms with Gasteiger partial charge in [0.15, 0.2) is 6.10 Å². The predicted molar refractivity (Wildman–Crippen MR) is 130 cm³/mol. The SMILES string of the molecule is CS[C@@H]1CCCN(C(=O)[C@@H](C)Oc2ccc3c(-c4c(C)cccc4C)ccnc3c2)C1. The number of thioether (sulfide) groups is 1. The van der Waals surface area contributed by atoms with Gasteiger partial charge < -0.3 is 9.64 Å². The van der Waals surface area contributed by atoms with Gasteiger partial charge in [0.1, 0.15) is 5.75 Å². The zero-order valence-corrected chi connectivity index (χ0v) is 19.5. The van der Waals surface area contributed by atoms with Gasteiger partial charge in [-0.1, -0.05) is 18.2 Å². The van der Waals surface area contributed by atoms with E-state index in [4.69, 9.17) is 4.74 Å². The van der Waals surface area contributed by atoms with Crippen molar-refractivity contribution < 1.29 is 9.53 Å². The minimum Gasteiger partial charge on any atom is -0.481 e. The van der Waals surface area contributed by atoms with Gasteiger partial charge in [-0.2, -0.15) is 11.8 Å². The molecule has 0 bridgehead atoms. The Morgan fingerprint density at radius 1 is 1.19 bits per heavy atom. The molecule has 3 aromatic rings. The van der Waals surface area contributed by atoms with Crippen molar-refractivity contribution in [3.05, 3.63) is 59.8 Å². The third-order valence-electron chi connectivity index (χ3n) is 6.15. The molecule has 2 heterocycles. The first-order valence-corrected chi connectivity index (χ1v) is 12.2. The number of nitrogens with zero attached hydrogens (tertiary/aromatic N) is 2. The van der Waals surface area contributed by atoms with E-state index >= 15 is 0 Å². The maximum absolute atomic E-state index is 12.9. The van der Waals surface area contributed by atoms with Crippen LogP contribution in [0.25, 0.3) is 22.0 Å². The topological polar surface area (TPSA) is 42.4 Å². The minimum atomic E-state index is -0.514. The van der Waals surface area contributed by atoms with Gasteiger partial charge in [-0.15, -0.1) is 0 Å². The lowest BCUT2D eigenvalue weighted by molar-refractivity contribution is -0.138. The number of amides is 1. The van der Waals surface area contributed by atoms with Crippen LogP contribution in [0.15, 0.2) is 48.7 Å². The van der Waals surface area contributed by atoms with E-state index in [-0.39, 0.29) is 5.91 Å². The summed E-state index contributed by atoms with van der Waals surface area (Å²) in [4.78, 5) is 19.4. The number of piperidine rings is 1. The smallest absolute Gasteiger partial charge is 0.263 e. The van der Waals surface area contributed by atoms with Gasteiger partial charge in [0.25, 0.3) is 5.91 Å². The molecule has 1 fully saturated rings. The summed E-state index contributed by atoms with van der Waals surface area (Å²) >= 11 is 1.84. The Kier molecular flexibility index (Phi) is 6.51. The van der Waals surface area contributed by atoms with Gasteiger partial charge in [-0.05, 0) is 80.3 Å². The molecule has 1 amide bonds. The molecule has 0 saturated carbocycles. The molecule has 0 spiro atoms. The standard InChI is InChI=1S/C26H30N2O2S/c1-17-7-5-8-18(2)25(17)23-12-13-27-24-15-20(10-11-22(23)24)30-19(3)26(29)28-14-6-9-21(16-28)31-4/h5,7-8,10-13,15,19,21H,6,9,14,16H2,1-4H3/t19-,21-/m1/s1. The van der Waals surface area contributed by atoms with Gasteiger partial charge in [0.05, 0.1) is 5.52 Å². The van der Waals surface area contributed by atoms with E-state index < -0.39 is 6.10 Å². The average molecular weight is 435 g/mol. The molecule has 1 aliphatic rings. The molecular formula is C26H30N2O2S. The Morgan fingerprint density at radius 2 is 1.97 bits per heavy atom. The summed E-state index contributed by atoms with van der Waals surface area (Å²) < 4.78 is 6.06. The summed E-state index contributed by atoms with van der Waals surface area (Å²) in [6.07, 6.45) is 5.69. The zero-order valence-electron chi connectivity index (χ0n) is 18.7. The summed E-state index contributed by atoms with van der Waals surface area (Å²) in [5, 5.41) is 1.61. The fourth-order valence-corrected chi connectivity index (χ4v) is 5.23. The molecule has 1 aliphatic heterocycles. The number of rotatable bonds is 5. The number of aryl methyl sites for hydroxylation is 2. The summed E-state index contributed by atoms with van der Waals surface area (Å²) in [5.74, 6) is 0.744. The molecule has 0 N–H and O–H groups in total. The summed E-state index contributed by atoms with van der Waals surface area (Å²) in [6, 6.07) is 14.4. The molecule has 1 aromatic heterocycles. The van der Waals surface area contributed by atoms with Crippen molar-refractivity contribution in [1.82, 2.24) is 9.88 Å². The second-order valence-corrected chi connectivity index (χ2v) is 9.49. The molecular weight excluding hydrogens is 404 g/mol. The number of fused-ring (bicyclic) bond motifs is 1. The molecule has 0 unspecified atom stereocenters. The lowest BCUT2D eigenvalue weighted by Crippen LogP contribution is -2.46. The van der Waals surface area contributed by atoms with Gasteiger partial charge in [0.2, 0.25) is 0 Å². The Hall–Kier alpha value is -2.53. The van der Waals surface area contributed by atoms with Crippen LogP contribution in [-0.2, 0) is 4.79 Å². The number of aromatic nitrogens is 1. The molecule has 2 aromatic carbocycles. The fourth-order valence-electron chi connectivity index (χ4n) is 4.50. The van der Waals surface area contributed by atoms with E-state index in [1.807, 2.05) is 41.9 Å².